The highest BCUT2D eigenvalue weighted by Crippen LogP contribution is 2.19. The van der Waals surface area contributed by atoms with E-state index >= 15 is 0 Å². The molecular weight excluding hydrogens is 310 g/mol. The number of hydrogen-bond acceptors (Lipinski definition) is 5. The van der Waals surface area contributed by atoms with Crippen LogP contribution in [0.3, 0.4) is 0 Å². The molecule has 1 saturated heterocycles. The average molecular weight is 333 g/mol. The summed E-state index contributed by atoms with van der Waals surface area (Å²) in [6.07, 6.45) is 0. The number of rotatable bonds is 7. The summed E-state index contributed by atoms with van der Waals surface area (Å²) in [6.45, 7) is 5.00. The van der Waals surface area contributed by atoms with Gasteiger partial charge in [-0.25, -0.2) is 0 Å². The second kappa shape index (κ2) is 9.56. The Bertz CT molecular complexity index is 553. The molecule has 5 nitrogen and oxygen atoms in total. The van der Waals surface area contributed by atoms with Gasteiger partial charge in [0.25, 0.3) is 0 Å². The van der Waals surface area contributed by atoms with Gasteiger partial charge in [-0.15, -0.1) is 0 Å². The number of morpholine rings is 1. The van der Waals surface area contributed by atoms with Gasteiger partial charge in [-0.05, 0) is 18.1 Å². The number of carbonyl (C=O) groups excluding carboxylic acids is 1. The molecule has 0 saturated carbocycles. The number of hydrogen-bond donors (Lipinski definition) is 1. The van der Waals surface area contributed by atoms with Crippen molar-refractivity contribution in [2.24, 2.45) is 0 Å². The zero-order valence-corrected chi connectivity index (χ0v) is 14.3. The standard InChI is InChI=1S/C17H23N3O2S/c1-14-4-2-3-5-15(14)12-23-13-16(17(21)19-7-6-18)20-8-10-22-11-9-20/h2-5,16H,7-13H2,1H3,(H,19,21)/t16-/m0/s1. The predicted molar refractivity (Wildman–Crippen MR) is 92.1 cm³/mol. The molecule has 1 aromatic rings. The van der Waals surface area contributed by atoms with Crippen molar-refractivity contribution in [1.82, 2.24) is 10.2 Å². The van der Waals surface area contributed by atoms with Crippen molar-refractivity contribution in [3.63, 3.8) is 0 Å². The molecule has 1 amide bonds. The molecule has 1 heterocycles. The summed E-state index contributed by atoms with van der Waals surface area (Å²) in [5.41, 5.74) is 2.58. The van der Waals surface area contributed by atoms with Crippen molar-refractivity contribution in [3.8, 4) is 6.07 Å². The Morgan fingerprint density at radius 2 is 2.17 bits per heavy atom. The first kappa shape index (κ1) is 17.8. The minimum atomic E-state index is -0.207. The highest BCUT2D eigenvalue weighted by Gasteiger charge is 2.27. The number of aryl methyl sites for hydroxylation is 1. The third-order valence-corrected chi connectivity index (χ3v) is 4.99. The van der Waals surface area contributed by atoms with Gasteiger partial charge in [0, 0.05) is 24.6 Å². The summed E-state index contributed by atoms with van der Waals surface area (Å²) >= 11 is 1.76. The van der Waals surface area contributed by atoms with Gasteiger partial charge < -0.3 is 10.1 Å². The Morgan fingerprint density at radius 3 is 2.87 bits per heavy atom. The number of nitrogens with one attached hydrogen (secondary N) is 1. The fourth-order valence-electron chi connectivity index (χ4n) is 2.53. The first-order valence-electron chi connectivity index (χ1n) is 7.81. The van der Waals surface area contributed by atoms with E-state index in [0.717, 1.165) is 18.8 Å². The number of nitrogens with zero attached hydrogens (tertiary/aromatic N) is 2. The molecule has 1 N–H and O–H groups in total. The minimum Gasteiger partial charge on any atom is -0.379 e. The smallest absolute Gasteiger partial charge is 0.239 e. The predicted octanol–water partition coefficient (Wildman–Crippen LogP) is 1.57. The van der Waals surface area contributed by atoms with Crippen molar-refractivity contribution in [3.05, 3.63) is 35.4 Å². The van der Waals surface area contributed by atoms with Crippen molar-refractivity contribution in [2.75, 3.05) is 38.6 Å². The fourth-order valence-corrected chi connectivity index (χ4v) is 3.78. The molecule has 0 unspecified atom stereocenters. The fraction of sp³-hybridized carbons (Fsp3) is 0.529. The zero-order chi connectivity index (χ0) is 16.5. The summed E-state index contributed by atoms with van der Waals surface area (Å²) in [6, 6.07) is 10.1. The van der Waals surface area contributed by atoms with Crippen molar-refractivity contribution in [2.45, 2.75) is 18.7 Å². The normalized spacial score (nSPS) is 16.5. The first-order chi connectivity index (χ1) is 11.2. The number of amides is 1. The molecule has 1 fully saturated rings. The topological polar surface area (TPSA) is 65.4 Å². The minimum absolute atomic E-state index is 0.0577. The summed E-state index contributed by atoms with van der Waals surface area (Å²) in [5.74, 6) is 1.54. The van der Waals surface area contributed by atoms with Gasteiger partial charge in [-0.1, -0.05) is 24.3 Å². The molecule has 0 aliphatic carbocycles. The van der Waals surface area contributed by atoms with Crippen LogP contribution in [0.1, 0.15) is 11.1 Å². The van der Waals surface area contributed by atoms with E-state index in [-0.39, 0.29) is 18.5 Å². The number of carbonyl (C=O) groups is 1. The molecule has 1 atom stereocenters. The van der Waals surface area contributed by atoms with E-state index < -0.39 is 0 Å². The molecule has 6 heteroatoms. The molecule has 1 aliphatic rings. The largest absolute Gasteiger partial charge is 0.379 e. The van der Waals surface area contributed by atoms with E-state index in [1.165, 1.54) is 11.1 Å². The van der Waals surface area contributed by atoms with Gasteiger partial charge in [-0.2, -0.15) is 17.0 Å². The highest BCUT2D eigenvalue weighted by atomic mass is 32.2. The van der Waals surface area contributed by atoms with Gasteiger partial charge in [-0.3, -0.25) is 9.69 Å². The maximum Gasteiger partial charge on any atom is 0.239 e. The summed E-state index contributed by atoms with van der Waals surface area (Å²) < 4.78 is 5.37. The average Bonchev–Trinajstić information content (AvgIpc) is 2.59. The van der Waals surface area contributed by atoms with E-state index in [1.807, 2.05) is 18.2 Å². The third-order valence-electron chi connectivity index (χ3n) is 3.93. The number of nitriles is 1. The van der Waals surface area contributed by atoms with Gasteiger partial charge in [0.1, 0.15) is 6.54 Å². The van der Waals surface area contributed by atoms with Crippen LogP contribution in [0.4, 0.5) is 0 Å². The molecule has 0 bridgehead atoms. The quantitative estimate of drug-likeness (QED) is 0.767. The molecule has 0 spiro atoms. The molecule has 124 valence electrons. The lowest BCUT2D eigenvalue weighted by Gasteiger charge is -2.33. The van der Waals surface area contributed by atoms with Gasteiger partial charge in [0.05, 0.1) is 25.3 Å². The second-order valence-corrected chi connectivity index (χ2v) is 6.51. The maximum absolute atomic E-state index is 12.4. The first-order valence-corrected chi connectivity index (χ1v) is 8.96. The van der Waals surface area contributed by atoms with Crippen LogP contribution in [-0.2, 0) is 15.3 Å². The van der Waals surface area contributed by atoms with Crippen LogP contribution in [0.15, 0.2) is 24.3 Å². The highest BCUT2D eigenvalue weighted by molar-refractivity contribution is 7.98. The van der Waals surface area contributed by atoms with E-state index in [1.54, 1.807) is 11.8 Å². The van der Waals surface area contributed by atoms with Crippen LogP contribution in [0.2, 0.25) is 0 Å². The lowest BCUT2D eigenvalue weighted by atomic mass is 10.1. The third kappa shape index (κ3) is 5.54. The number of benzene rings is 1. The molecule has 0 aromatic heterocycles. The van der Waals surface area contributed by atoms with Crippen LogP contribution in [-0.4, -0.2) is 55.4 Å². The van der Waals surface area contributed by atoms with E-state index in [4.69, 9.17) is 10.00 Å². The summed E-state index contributed by atoms with van der Waals surface area (Å²) in [5, 5.41) is 11.4. The van der Waals surface area contributed by atoms with Crippen molar-refractivity contribution >= 4 is 17.7 Å². The number of ether oxygens (including phenoxy) is 1. The van der Waals surface area contributed by atoms with Crippen LogP contribution >= 0.6 is 11.8 Å². The Balaban J connectivity index is 1.92. The Labute approximate surface area is 142 Å². The van der Waals surface area contributed by atoms with E-state index in [2.05, 4.69) is 29.3 Å². The monoisotopic (exact) mass is 333 g/mol. The van der Waals surface area contributed by atoms with E-state index in [9.17, 15) is 4.79 Å². The molecule has 2 rings (SSSR count). The molecule has 1 aromatic carbocycles. The summed E-state index contributed by atoms with van der Waals surface area (Å²) in [7, 11) is 0. The van der Waals surface area contributed by atoms with Crippen LogP contribution in [0.25, 0.3) is 0 Å². The molecule has 1 aliphatic heterocycles. The van der Waals surface area contributed by atoms with Crippen molar-refractivity contribution < 1.29 is 9.53 Å². The molecule has 0 radical (unpaired) electrons. The Kier molecular flexibility index (Phi) is 7.40. The lowest BCUT2D eigenvalue weighted by Crippen LogP contribution is -2.52. The zero-order valence-electron chi connectivity index (χ0n) is 13.5. The van der Waals surface area contributed by atoms with E-state index in [0.29, 0.717) is 19.0 Å². The SMILES string of the molecule is Cc1ccccc1CSC[C@@H](C(=O)NCC#N)N1CCOCC1. The Hall–Kier alpha value is -1.55. The van der Waals surface area contributed by atoms with Crippen molar-refractivity contribution in [1.29, 1.82) is 5.26 Å². The van der Waals surface area contributed by atoms with Crippen LogP contribution in [0, 0.1) is 18.3 Å². The Morgan fingerprint density at radius 1 is 1.43 bits per heavy atom. The maximum atomic E-state index is 12.4. The van der Waals surface area contributed by atoms with Crippen LogP contribution < -0.4 is 5.32 Å². The van der Waals surface area contributed by atoms with Gasteiger partial charge in [0.2, 0.25) is 5.91 Å². The lowest BCUT2D eigenvalue weighted by molar-refractivity contribution is -0.127. The second-order valence-electron chi connectivity index (χ2n) is 5.48. The van der Waals surface area contributed by atoms with Gasteiger partial charge in [0.15, 0.2) is 0 Å². The van der Waals surface area contributed by atoms with Crippen LogP contribution in [0.5, 0.6) is 0 Å². The molecular formula is C17H23N3O2S. The molecule has 23 heavy (non-hydrogen) atoms. The van der Waals surface area contributed by atoms with Gasteiger partial charge >= 0.3 is 0 Å². The number of thioether (sulfide) groups is 1. The summed E-state index contributed by atoms with van der Waals surface area (Å²) in [4.78, 5) is 14.5.